The zero-order chi connectivity index (χ0) is 15.0. The van der Waals surface area contributed by atoms with E-state index in [1.807, 2.05) is 0 Å². The third-order valence-electron chi connectivity index (χ3n) is 4.36. The second kappa shape index (κ2) is 5.13. The van der Waals surface area contributed by atoms with E-state index in [2.05, 4.69) is 13.8 Å². The molecule has 110 valence electrons. The lowest BCUT2D eigenvalue weighted by Crippen LogP contribution is -2.46. The molecule has 1 fully saturated rings. The molecule has 0 unspecified atom stereocenters. The molecule has 1 aromatic rings. The van der Waals surface area contributed by atoms with Crippen LogP contribution in [0.1, 0.15) is 45.1 Å². The van der Waals surface area contributed by atoms with Crippen LogP contribution in [0.25, 0.3) is 0 Å². The lowest BCUT2D eigenvalue weighted by atomic mass is 9.68. The van der Waals surface area contributed by atoms with Gasteiger partial charge in [-0.1, -0.05) is 19.9 Å². The third kappa shape index (κ3) is 3.33. The molecule has 0 amide bonds. The van der Waals surface area contributed by atoms with Crippen molar-refractivity contribution in [3.05, 3.63) is 39.7 Å². The summed E-state index contributed by atoms with van der Waals surface area (Å²) < 4.78 is 13.6. The van der Waals surface area contributed by atoms with Gasteiger partial charge >= 0.3 is 5.69 Å². The second-order valence-electron chi connectivity index (χ2n) is 6.75. The highest BCUT2D eigenvalue weighted by molar-refractivity contribution is 5.35. The lowest BCUT2D eigenvalue weighted by Gasteiger charge is -2.41. The summed E-state index contributed by atoms with van der Waals surface area (Å²) in [4.78, 5) is 9.89. The van der Waals surface area contributed by atoms with Crippen molar-refractivity contribution in [1.29, 1.82) is 0 Å². The Bertz CT molecular complexity index is 519. The maximum absolute atomic E-state index is 13.6. The minimum atomic E-state index is -0.785. The van der Waals surface area contributed by atoms with Gasteiger partial charge in [0.05, 0.1) is 4.92 Å². The zero-order valence-corrected chi connectivity index (χ0v) is 12.0. The van der Waals surface area contributed by atoms with Crippen molar-refractivity contribution in [3.8, 4) is 0 Å². The maximum Gasteiger partial charge on any atom is 0.304 e. The first-order valence-electron chi connectivity index (χ1n) is 6.93. The van der Waals surface area contributed by atoms with Crippen LogP contribution in [-0.4, -0.2) is 10.5 Å². The van der Waals surface area contributed by atoms with Gasteiger partial charge in [-0.25, -0.2) is 0 Å². The van der Waals surface area contributed by atoms with Crippen molar-refractivity contribution in [2.24, 2.45) is 11.1 Å². The molecule has 1 aliphatic carbocycles. The van der Waals surface area contributed by atoms with Gasteiger partial charge in [-0.3, -0.25) is 10.1 Å². The van der Waals surface area contributed by atoms with Crippen LogP contribution in [0.4, 0.5) is 10.1 Å². The van der Waals surface area contributed by atoms with E-state index in [4.69, 9.17) is 5.73 Å². The summed E-state index contributed by atoms with van der Waals surface area (Å²) in [6.45, 7) is 4.47. The van der Waals surface area contributed by atoms with Crippen LogP contribution in [0.5, 0.6) is 0 Å². The molecule has 2 rings (SSSR count). The van der Waals surface area contributed by atoms with Gasteiger partial charge in [-0.2, -0.15) is 4.39 Å². The topological polar surface area (TPSA) is 69.2 Å². The molecule has 1 saturated carbocycles. The molecule has 0 spiro atoms. The smallest absolute Gasteiger partial charge is 0.304 e. The van der Waals surface area contributed by atoms with E-state index in [0.29, 0.717) is 11.8 Å². The minimum absolute atomic E-state index is 0.321. The van der Waals surface area contributed by atoms with E-state index in [9.17, 15) is 14.5 Å². The molecule has 1 aromatic carbocycles. The quantitative estimate of drug-likeness (QED) is 0.679. The van der Waals surface area contributed by atoms with Crippen molar-refractivity contribution < 1.29 is 9.31 Å². The van der Waals surface area contributed by atoms with Gasteiger partial charge in [0.1, 0.15) is 0 Å². The fourth-order valence-electron chi connectivity index (χ4n) is 2.82. The number of benzene rings is 1. The largest absolute Gasteiger partial charge is 0.325 e. The minimum Gasteiger partial charge on any atom is -0.325 e. The van der Waals surface area contributed by atoms with Crippen molar-refractivity contribution >= 4 is 5.69 Å². The van der Waals surface area contributed by atoms with Gasteiger partial charge in [0.15, 0.2) is 0 Å². The maximum atomic E-state index is 13.6. The van der Waals surface area contributed by atoms with E-state index >= 15 is 0 Å². The molecule has 0 saturated heterocycles. The van der Waals surface area contributed by atoms with Gasteiger partial charge in [-0.05, 0) is 49.1 Å². The molecule has 2 N–H and O–H groups in total. The van der Waals surface area contributed by atoms with Crippen LogP contribution in [0, 0.1) is 21.3 Å². The van der Waals surface area contributed by atoms with Gasteiger partial charge in [0, 0.05) is 11.6 Å². The number of hydrogen-bond donors (Lipinski definition) is 1. The summed E-state index contributed by atoms with van der Waals surface area (Å²) in [6.07, 6.45) is 4.48. The highest BCUT2D eigenvalue weighted by Gasteiger charge is 2.35. The average Bonchev–Trinajstić information content (AvgIpc) is 2.33. The number of halogens is 1. The summed E-state index contributed by atoms with van der Waals surface area (Å²) in [5.74, 6) is -0.785. The molecule has 0 bridgehead atoms. The standard InChI is InChI=1S/C15H21FN2O2/c1-14(2)5-7-15(17,8-6-14)10-11-3-4-13(18(19)20)12(16)9-11/h3-4,9H,5-8,10,17H2,1-2H3. The molecule has 0 atom stereocenters. The van der Waals surface area contributed by atoms with E-state index in [1.165, 1.54) is 12.1 Å². The summed E-state index contributed by atoms with van der Waals surface area (Å²) in [7, 11) is 0. The van der Waals surface area contributed by atoms with E-state index in [1.54, 1.807) is 6.07 Å². The number of nitro groups is 1. The third-order valence-corrected chi connectivity index (χ3v) is 4.36. The van der Waals surface area contributed by atoms with Crippen LogP contribution >= 0.6 is 0 Å². The predicted molar refractivity (Wildman–Crippen MR) is 75.9 cm³/mol. The Balaban J connectivity index is 2.11. The van der Waals surface area contributed by atoms with Gasteiger partial charge < -0.3 is 5.73 Å². The molecule has 0 aliphatic heterocycles. The lowest BCUT2D eigenvalue weighted by molar-refractivity contribution is -0.387. The first-order valence-corrected chi connectivity index (χ1v) is 6.93. The molecule has 0 radical (unpaired) electrons. The van der Waals surface area contributed by atoms with Gasteiger partial charge in [0.25, 0.3) is 0 Å². The van der Waals surface area contributed by atoms with Gasteiger partial charge in [0.2, 0.25) is 5.82 Å². The molecular formula is C15H21FN2O2. The zero-order valence-electron chi connectivity index (χ0n) is 12.0. The normalized spacial score (nSPS) is 20.6. The van der Waals surface area contributed by atoms with E-state index in [0.717, 1.165) is 31.2 Å². The van der Waals surface area contributed by atoms with Crippen LogP contribution < -0.4 is 5.73 Å². The van der Waals surface area contributed by atoms with Crippen molar-refractivity contribution in [2.75, 3.05) is 0 Å². The molecule has 4 nitrogen and oxygen atoms in total. The van der Waals surface area contributed by atoms with Crippen LogP contribution in [0.2, 0.25) is 0 Å². The average molecular weight is 280 g/mol. The Morgan fingerprint density at radius 1 is 1.30 bits per heavy atom. The number of nitrogens with two attached hydrogens (primary N) is 1. The fraction of sp³-hybridized carbons (Fsp3) is 0.600. The Labute approximate surface area is 118 Å². The molecule has 1 aliphatic rings. The second-order valence-corrected chi connectivity index (χ2v) is 6.75. The molecule has 5 heteroatoms. The number of rotatable bonds is 3. The summed E-state index contributed by atoms with van der Waals surface area (Å²) in [5, 5.41) is 10.6. The Hall–Kier alpha value is -1.49. The first-order chi connectivity index (χ1) is 9.21. The van der Waals surface area contributed by atoms with E-state index in [-0.39, 0.29) is 5.54 Å². The summed E-state index contributed by atoms with van der Waals surface area (Å²) in [5.41, 5.74) is 6.66. The van der Waals surface area contributed by atoms with Crippen molar-refractivity contribution in [2.45, 2.75) is 51.5 Å². The molecule has 20 heavy (non-hydrogen) atoms. The molecule has 0 heterocycles. The summed E-state index contributed by atoms with van der Waals surface area (Å²) in [6, 6.07) is 4.07. The predicted octanol–water partition coefficient (Wildman–Crippen LogP) is 3.57. The van der Waals surface area contributed by atoms with E-state index < -0.39 is 16.4 Å². The molecule has 0 aromatic heterocycles. The number of nitro benzene ring substituents is 1. The SMILES string of the molecule is CC1(C)CCC(N)(Cc2ccc([N+](=O)[O-])c(F)c2)CC1. The summed E-state index contributed by atoms with van der Waals surface area (Å²) >= 11 is 0. The van der Waals surface area contributed by atoms with Crippen LogP contribution in [-0.2, 0) is 6.42 Å². The molecular weight excluding hydrogens is 259 g/mol. The highest BCUT2D eigenvalue weighted by Crippen LogP contribution is 2.40. The number of nitrogens with zero attached hydrogens (tertiary/aromatic N) is 1. The van der Waals surface area contributed by atoms with Crippen LogP contribution in [0.3, 0.4) is 0 Å². The first kappa shape index (κ1) is 14.9. The van der Waals surface area contributed by atoms with Crippen LogP contribution in [0.15, 0.2) is 18.2 Å². The monoisotopic (exact) mass is 280 g/mol. The van der Waals surface area contributed by atoms with Crippen molar-refractivity contribution in [1.82, 2.24) is 0 Å². The van der Waals surface area contributed by atoms with Crippen molar-refractivity contribution in [3.63, 3.8) is 0 Å². The van der Waals surface area contributed by atoms with Gasteiger partial charge in [-0.15, -0.1) is 0 Å². The Morgan fingerprint density at radius 3 is 2.40 bits per heavy atom. The highest BCUT2D eigenvalue weighted by atomic mass is 19.1. The fourth-order valence-corrected chi connectivity index (χ4v) is 2.82. The Kier molecular flexibility index (Phi) is 3.82. The number of hydrogen-bond acceptors (Lipinski definition) is 3. The Morgan fingerprint density at radius 2 is 1.90 bits per heavy atom.